The number of amides is 1. The molecular weight excluding hydrogens is 390 g/mol. The van der Waals surface area contributed by atoms with Gasteiger partial charge in [0.15, 0.2) is 11.6 Å². The van der Waals surface area contributed by atoms with Crippen LogP contribution in [0.25, 0.3) is 5.69 Å². The number of hydrogen-bond donors (Lipinski definition) is 1. The maximum Gasteiger partial charge on any atom is 0.269 e. The van der Waals surface area contributed by atoms with Gasteiger partial charge in [0, 0.05) is 34.8 Å². The molecule has 10 heteroatoms. The molecule has 0 atom stereocenters. The molecule has 0 saturated heterocycles. The molecular formula is C18H12F2N4O3S. The van der Waals surface area contributed by atoms with E-state index in [4.69, 9.17) is 0 Å². The molecule has 1 amide bonds. The molecule has 0 spiro atoms. The zero-order valence-electron chi connectivity index (χ0n) is 14.2. The summed E-state index contributed by atoms with van der Waals surface area (Å²) in [4.78, 5) is 22.9. The third-order valence-electron chi connectivity index (χ3n) is 4.27. The fraction of sp³-hybridized carbons (Fsp3) is 0.111. The minimum atomic E-state index is -1.11. The molecule has 0 bridgehead atoms. The second-order valence-corrected chi connectivity index (χ2v) is 7.02. The highest BCUT2D eigenvalue weighted by Crippen LogP contribution is 2.36. The molecule has 0 saturated carbocycles. The highest BCUT2D eigenvalue weighted by Gasteiger charge is 2.25. The molecule has 1 aliphatic heterocycles. The number of nitro benzene ring substituents is 1. The molecule has 2 aromatic carbocycles. The molecule has 28 heavy (non-hydrogen) atoms. The van der Waals surface area contributed by atoms with Crippen LogP contribution in [0.2, 0.25) is 0 Å². The first-order chi connectivity index (χ1) is 13.4. The standard InChI is InChI=1S/C18H12F2N4O3S/c19-14-6-1-10(7-15(14)20)18(25)21-17-13-8-28-9-16(13)22-23(17)11-2-4-12(5-3-11)24(26)27/h1-7H,8-9H2,(H,21,25). The molecule has 7 nitrogen and oxygen atoms in total. The molecule has 3 aromatic rings. The van der Waals surface area contributed by atoms with Crippen molar-refractivity contribution in [3.05, 3.63) is 81.0 Å². The van der Waals surface area contributed by atoms with Gasteiger partial charge in [-0.1, -0.05) is 0 Å². The van der Waals surface area contributed by atoms with Crippen LogP contribution < -0.4 is 5.32 Å². The van der Waals surface area contributed by atoms with Gasteiger partial charge < -0.3 is 5.32 Å². The Hall–Kier alpha value is -3.27. The summed E-state index contributed by atoms with van der Waals surface area (Å²) in [6, 6.07) is 8.65. The van der Waals surface area contributed by atoms with E-state index in [1.54, 1.807) is 11.8 Å². The van der Waals surface area contributed by atoms with E-state index in [-0.39, 0.29) is 11.3 Å². The van der Waals surface area contributed by atoms with Crippen molar-refractivity contribution in [3.63, 3.8) is 0 Å². The molecule has 0 radical (unpaired) electrons. The summed E-state index contributed by atoms with van der Waals surface area (Å²) in [7, 11) is 0. The Morgan fingerprint density at radius 2 is 1.89 bits per heavy atom. The van der Waals surface area contributed by atoms with Crippen molar-refractivity contribution in [1.29, 1.82) is 0 Å². The van der Waals surface area contributed by atoms with E-state index in [1.165, 1.54) is 35.0 Å². The second kappa shape index (κ2) is 7.04. The molecule has 4 rings (SSSR count). The average molecular weight is 402 g/mol. The number of carbonyl (C=O) groups is 1. The normalized spacial score (nSPS) is 12.6. The number of thioether (sulfide) groups is 1. The predicted molar refractivity (Wildman–Crippen MR) is 99.5 cm³/mol. The van der Waals surface area contributed by atoms with Crippen molar-refractivity contribution in [3.8, 4) is 5.69 Å². The number of nitro groups is 1. The van der Waals surface area contributed by atoms with Crippen LogP contribution in [0.5, 0.6) is 0 Å². The zero-order valence-corrected chi connectivity index (χ0v) is 15.0. The first-order valence-corrected chi connectivity index (χ1v) is 9.29. The van der Waals surface area contributed by atoms with Crippen LogP contribution in [0.4, 0.5) is 20.3 Å². The van der Waals surface area contributed by atoms with Crippen LogP contribution in [0.1, 0.15) is 21.6 Å². The van der Waals surface area contributed by atoms with Crippen LogP contribution in [0, 0.1) is 21.7 Å². The van der Waals surface area contributed by atoms with Crippen molar-refractivity contribution in [2.24, 2.45) is 0 Å². The molecule has 1 aliphatic rings. The van der Waals surface area contributed by atoms with Crippen molar-refractivity contribution in [1.82, 2.24) is 9.78 Å². The summed E-state index contributed by atoms with van der Waals surface area (Å²) in [6.45, 7) is 0. The highest BCUT2D eigenvalue weighted by molar-refractivity contribution is 7.98. The lowest BCUT2D eigenvalue weighted by atomic mass is 10.2. The lowest BCUT2D eigenvalue weighted by Gasteiger charge is -2.11. The Labute approximate surface area is 161 Å². The molecule has 1 aromatic heterocycles. The van der Waals surface area contributed by atoms with Crippen LogP contribution in [0.3, 0.4) is 0 Å². The summed E-state index contributed by atoms with van der Waals surface area (Å²) < 4.78 is 28.1. The topological polar surface area (TPSA) is 90.1 Å². The number of fused-ring (bicyclic) bond motifs is 1. The Balaban J connectivity index is 1.71. The summed E-state index contributed by atoms with van der Waals surface area (Å²) in [5, 5.41) is 18.1. The fourth-order valence-corrected chi connectivity index (χ4v) is 3.90. The smallest absolute Gasteiger partial charge is 0.269 e. The predicted octanol–water partition coefficient (Wildman–Crippen LogP) is 4.06. The van der Waals surface area contributed by atoms with E-state index in [1.807, 2.05) is 0 Å². The van der Waals surface area contributed by atoms with Gasteiger partial charge in [0.1, 0.15) is 5.82 Å². The maximum atomic E-state index is 13.5. The number of carbonyl (C=O) groups excluding carboxylic acids is 1. The lowest BCUT2D eigenvalue weighted by molar-refractivity contribution is -0.384. The largest absolute Gasteiger partial charge is 0.306 e. The third kappa shape index (κ3) is 3.22. The first kappa shape index (κ1) is 18.1. The van der Waals surface area contributed by atoms with E-state index in [0.29, 0.717) is 23.0 Å². The third-order valence-corrected chi connectivity index (χ3v) is 5.24. The SMILES string of the molecule is O=C(Nc1c2c(nn1-c1ccc([N+](=O)[O-])cc1)CSC2)c1ccc(F)c(F)c1. The van der Waals surface area contributed by atoms with Crippen LogP contribution in [-0.4, -0.2) is 20.6 Å². The van der Waals surface area contributed by atoms with Crippen molar-refractivity contribution < 1.29 is 18.5 Å². The van der Waals surface area contributed by atoms with Gasteiger partial charge in [-0.2, -0.15) is 16.9 Å². The number of hydrogen-bond acceptors (Lipinski definition) is 5. The number of halogens is 2. The fourth-order valence-electron chi connectivity index (χ4n) is 2.86. The summed E-state index contributed by atoms with van der Waals surface area (Å²) >= 11 is 1.64. The first-order valence-electron chi connectivity index (χ1n) is 8.14. The summed E-state index contributed by atoms with van der Waals surface area (Å²) in [6.07, 6.45) is 0. The second-order valence-electron chi connectivity index (χ2n) is 6.03. The van der Waals surface area contributed by atoms with Crippen molar-refractivity contribution in [2.45, 2.75) is 11.5 Å². The molecule has 0 fully saturated rings. The quantitative estimate of drug-likeness (QED) is 0.525. The monoisotopic (exact) mass is 402 g/mol. The number of non-ortho nitro benzene ring substituents is 1. The van der Waals surface area contributed by atoms with Gasteiger partial charge in [-0.15, -0.1) is 0 Å². The van der Waals surface area contributed by atoms with E-state index in [2.05, 4.69) is 10.4 Å². The van der Waals surface area contributed by atoms with Crippen LogP contribution in [-0.2, 0) is 11.5 Å². The van der Waals surface area contributed by atoms with E-state index in [0.717, 1.165) is 23.4 Å². The Bertz CT molecular complexity index is 1100. The Kier molecular flexibility index (Phi) is 4.55. The van der Waals surface area contributed by atoms with Gasteiger partial charge in [0.25, 0.3) is 11.6 Å². The van der Waals surface area contributed by atoms with E-state index < -0.39 is 22.5 Å². The number of nitrogens with zero attached hydrogens (tertiary/aromatic N) is 3. The van der Waals surface area contributed by atoms with Gasteiger partial charge in [0.05, 0.1) is 16.3 Å². The van der Waals surface area contributed by atoms with Gasteiger partial charge in [-0.25, -0.2) is 13.5 Å². The van der Waals surface area contributed by atoms with Gasteiger partial charge in [0.2, 0.25) is 0 Å². The molecule has 142 valence electrons. The van der Waals surface area contributed by atoms with Gasteiger partial charge >= 0.3 is 0 Å². The number of nitrogens with one attached hydrogen (secondary N) is 1. The number of rotatable bonds is 4. The van der Waals surface area contributed by atoms with E-state index >= 15 is 0 Å². The summed E-state index contributed by atoms with van der Waals surface area (Å²) in [5.74, 6) is -1.05. The lowest BCUT2D eigenvalue weighted by Crippen LogP contribution is -2.16. The van der Waals surface area contributed by atoms with Gasteiger partial charge in [-0.05, 0) is 30.3 Å². The van der Waals surface area contributed by atoms with Crippen LogP contribution >= 0.6 is 11.8 Å². The maximum absolute atomic E-state index is 13.5. The van der Waals surface area contributed by atoms with E-state index in [9.17, 15) is 23.7 Å². The molecule has 1 N–H and O–H groups in total. The number of anilines is 1. The highest BCUT2D eigenvalue weighted by atomic mass is 32.2. The zero-order chi connectivity index (χ0) is 19.8. The average Bonchev–Trinajstić information content (AvgIpc) is 3.26. The van der Waals surface area contributed by atoms with Gasteiger partial charge in [-0.3, -0.25) is 14.9 Å². The van der Waals surface area contributed by atoms with Crippen molar-refractivity contribution >= 4 is 29.2 Å². The molecule has 0 aliphatic carbocycles. The van der Waals surface area contributed by atoms with Crippen molar-refractivity contribution in [2.75, 3.05) is 5.32 Å². The summed E-state index contributed by atoms with van der Waals surface area (Å²) in [5.41, 5.74) is 2.06. The number of aromatic nitrogens is 2. The number of benzene rings is 2. The molecule has 0 unspecified atom stereocenters. The Morgan fingerprint density at radius 1 is 1.14 bits per heavy atom. The van der Waals surface area contributed by atoms with Crippen LogP contribution in [0.15, 0.2) is 42.5 Å². The molecule has 2 heterocycles. The Morgan fingerprint density at radius 3 is 2.57 bits per heavy atom. The minimum absolute atomic E-state index is 0.0326. The minimum Gasteiger partial charge on any atom is -0.306 e.